The maximum atomic E-state index is 9.10. The molecule has 1 heterocycles. The van der Waals surface area contributed by atoms with E-state index in [9.17, 15) is 0 Å². The molecule has 0 spiro atoms. The summed E-state index contributed by atoms with van der Waals surface area (Å²) in [6, 6.07) is 0. The molecule has 0 aliphatic carbocycles. The number of thioether (sulfide) groups is 1. The topological polar surface area (TPSA) is 40.5 Å². The van der Waals surface area contributed by atoms with Gasteiger partial charge in [0.05, 0.1) is 25.8 Å². The molecule has 0 amide bonds. The van der Waals surface area contributed by atoms with Gasteiger partial charge in [0.25, 0.3) is 0 Å². The van der Waals surface area contributed by atoms with E-state index in [1.54, 1.807) is 0 Å². The predicted molar refractivity (Wildman–Crippen MR) is 38.6 cm³/mol. The summed E-state index contributed by atoms with van der Waals surface area (Å²) < 4.78 is 0. The standard InChI is InChI=1S/C5H9BO2S/c6-5-1-3(8)4(2-7)9-5/h3-5,7-8H,1-2H2/t3-,4-,5-/m1/s1. The smallest absolute Gasteiger partial charge is 0.0847 e. The maximum absolute atomic E-state index is 9.10. The molecule has 0 bridgehead atoms. The van der Waals surface area contributed by atoms with Gasteiger partial charge in [-0.05, 0) is 11.6 Å². The van der Waals surface area contributed by atoms with Gasteiger partial charge in [-0.15, -0.1) is 0 Å². The van der Waals surface area contributed by atoms with Crippen molar-refractivity contribution in [3.8, 4) is 0 Å². The highest BCUT2D eigenvalue weighted by molar-refractivity contribution is 8.01. The Morgan fingerprint density at radius 1 is 1.67 bits per heavy atom. The number of hydrogen-bond acceptors (Lipinski definition) is 3. The number of rotatable bonds is 1. The summed E-state index contributed by atoms with van der Waals surface area (Å²) in [6.07, 6.45) is 0.200. The van der Waals surface area contributed by atoms with Gasteiger partial charge in [-0.2, -0.15) is 11.8 Å². The van der Waals surface area contributed by atoms with Gasteiger partial charge in [0.2, 0.25) is 0 Å². The van der Waals surface area contributed by atoms with Gasteiger partial charge in [-0.25, -0.2) is 0 Å². The lowest BCUT2D eigenvalue weighted by Gasteiger charge is -2.07. The van der Waals surface area contributed by atoms with Crippen LogP contribution in [0.1, 0.15) is 6.42 Å². The Morgan fingerprint density at radius 3 is 2.56 bits per heavy atom. The average Bonchev–Trinajstić information content (AvgIpc) is 2.10. The van der Waals surface area contributed by atoms with Crippen molar-refractivity contribution in [2.75, 3.05) is 6.61 Å². The van der Waals surface area contributed by atoms with Crippen molar-refractivity contribution < 1.29 is 10.2 Å². The zero-order valence-corrected chi connectivity index (χ0v) is 5.84. The van der Waals surface area contributed by atoms with Gasteiger partial charge < -0.3 is 10.2 Å². The van der Waals surface area contributed by atoms with Crippen LogP contribution in [-0.2, 0) is 0 Å². The molecule has 3 atom stereocenters. The first kappa shape index (κ1) is 7.44. The second-order valence-corrected chi connectivity index (χ2v) is 3.68. The largest absolute Gasteiger partial charge is 0.395 e. The van der Waals surface area contributed by atoms with E-state index >= 15 is 0 Å². The third-order valence-electron chi connectivity index (χ3n) is 1.43. The van der Waals surface area contributed by atoms with Gasteiger partial charge in [0.1, 0.15) is 0 Å². The van der Waals surface area contributed by atoms with Crippen molar-refractivity contribution in [1.82, 2.24) is 0 Å². The monoisotopic (exact) mass is 144 g/mol. The quantitative estimate of drug-likeness (QED) is 0.480. The first-order valence-corrected chi connectivity index (χ1v) is 3.88. The minimum Gasteiger partial charge on any atom is -0.395 e. The number of hydrogen-bond donors (Lipinski definition) is 2. The molecule has 50 valence electrons. The Balaban J connectivity index is 2.38. The molecular weight excluding hydrogens is 135 g/mol. The lowest BCUT2D eigenvalue weighted by molar-refractivity contribution is 0.144. The van der Waals surface area contributed by atoms with Crippen LogP contribution in [0.15, 0.2) is 0 Å². The molecule has 2 N–H and O–H groups in total. The van der Waals surface area contributed by atoms with Crippen LogP contribution in [-0.4, -0.2) is 41.2 Å². The molecule has 1 rings (SSSR count). The lowest BCUT2D eigenvalue weighted by Crippen LogP contribution is -2.20. The van der Waals surface area contributed by atoms with Gasteiger partial charge in [0, 0.05) is 0 Å². The zero-order valence-electron chi connectivity index (χ0n) is 5.03. The number of aliphatic hydroxyl groups excluding tert-OH is 2. The summed E-state index contributed by atoms with van der Waals surface area (Å²) in [5.74, 6) is 0. The van der Waals surface area contributed by atoms with E-state index in [1.165, 1.54) is 11.8 Å². The highest BCUT2D eigenvalue weighted by Crippen LogP contribution is 2.31. The molecular formula is C5H9BO2S. The molecule has 0 saturated carbocycles. The highest BCUT2D eigenvalue weighted by Gasteiger charge is 2.29. The fourth-order valence-corrected chi connectivity index (χ4v) is 2.06. The SMILES string of the molecule is [B][C@H]1C[C@@H](O)[C@@H](CO)S1. The van der Waals surface area contributed by atoms with E-state index in [1.807, 2.05) is 0 Å². The predicted octanol–water partition coefficient (Wildman–Crippen LogP) is -0.660. The minimum atomic E-state index is -0.407. The summed E-state index contributed by atoms with van der Waals surface area (Å²) in [6.45, 7) is 0.0273. The molecule has 9 heavy (non-hydrogen) atoms. The van der Waals surface area contributed by atoms with Crippen LogP contribution in [0.2, 0.25) is 0 Å². The van der Waals surface area contributed by atoms with Crippen LogP contribution in [0, 0.1) is 0 Å². The van der Waals surface area contributed by atoms with Crippen LogP contribution in [0.25, 0.3) is 0 Å². The third-order valence-corrected chi connectivity index (χ3v) is 2.79. The Morgan fingerprint density at radius 2 is 2.33 bits per heavy atom. The van der Waals surface area contributed by atoms with Gasteiger partial charge in [-0.1, -0.05) is 0 Å². The summed E-state index contributed by atoms with van der Waals surface area (Å²) in [4.78, 5) is 0. The summed E-state index contributed by atoms with van der Waals surface area (Å²) in [5.41, 5.74) is 0. The molecule has 0 aromatic carbocycles. The molecule has 2 nitrogen and oxygen atoms in total. The summed E-state index contributed by atoms with van der Waals surface area (Å²) in [7, 11) is 5.48. The molecule has 1 aliphatic heterocycles. The average molecular weight is 144 g/mol. The first-order chi connectivity index (χ1) is 4.24. The number of aliphatic hydroxyl groups is 2. The van der Waals surface area contributed by atoms with Gasteiger partial charge >= 0.3 is 0 Å². The molecule has 1 saturated heterocycles. The lowest BCUT2D eigenvalue weighted by atomic mass is 9.98. The third kappa shape index (κ3) is 1.63. The fraction of sp³-hybridized carbons (Fsp3) is 1.00. The van der Waals surface area contributed by atoms with E-state index < -0.39 is 6.10 Å². The van der Waals surface area contributed by atoms with Gasteiger partial charge in [-0.3, -0.25) is 0 Å². The Kier molecular flexibility index (Phi) is 2.44. The molecule has 2 radical (unpaired) electrons. The van der Waals surface area contributed by atoms with Gasteiger partial charge in [0.15, 0.2) is 0 Å². The highest BCUT2D eigenvalue weighted by atomic mass is 32.2. The van der Waals surface area contributed by atoms with Crippen LogP contribution >= 0.6 is 11.8 Å². The molecule has 4 heteroatoms. The summed E-state index contributed by atoms with van der Waals surface area (Å²) >= 11 is 1.45. The molecule has 0 aromatic rings. The fourth-order valence-electron chi connectivity index (χ4n) is 0.925. The molecule has 1 fully saturated rings. The Labute approximate surface area is 60.1 Å². The van der Waals surface area contributed by atoms with E-state index in [2.05, 4.69) is 0 Å². The molecule has 0 aromatic heterocycles. The molecule has 1 aliphatic rings. The van der Waals surface area contributed by atoms with Crippen LogP contribution in [0.5, 0.6) is 0 Å². The second-order valence-electron chi connectivity index (χ2n) is 2.20. The molecule has 0 unspecified atom stereocenters. The van der Waals surface area contributed by atoms with Crippen LogP contribution < -0.4 is 0 Å². The first-order valence-electron chi connectivity index (χ1n) is 2.94. The normalized spacial score (nSPS) is 43.6. The second kappa shape index (κ2) is 2.95. The van der Waals surface area contributed by atoms with E-state index in [0.717, 1.165) is 0 Å². The summed E-state index contributed by atoms with van der Waals surface area (Å²) in [5, 5.41) is 17.7. The Bertz CT molecular complexity index is 101. The Hall–Kier alpha value is 0.335. The van der Waals surface area contributed by atoms with Crippen molar-refractivity contribution in [3.63, 3.8) is 0 Å². The van der Waals surface area contributed by atoms with Crippen molar-refractivity contribution in [2.45, 2.75) is 22.9 Å². The van der Waals surface area contributed by atoms with Crippen molar-refractivity contribution in [3.05, 3.63) is 0 Å². The van der Waals surface area contributed by atoms with Crippen molar-refractivity contribution in [2.24, 2.45) is 0 Å². The van der Waals surface area contributed by atoms with Crippen LogP contribution in [0.3, 0.4) is 0 Å². The zero-order chi connectivity index (χ0) is 6.85. The van der Waals surface area contributed by atoms with Crippen molar-refractivity contribution >= 4 is 19.6 Å². The van der Waals surface area contributed by atoms with Crippen molar-refractivity contribution in [1.29, 1.82) is 0 Å². The van der Waals surface area contributed by atoms with E-state index in [0.29, 0.717) is 6.42 Å². The minimum absolute atomic E-state index is 0.0112. The maximum Gasteiger partial charge on any atom is 0.0847 e. The van der Waals surface area contributed by atoms with E-state index in [-0.39, 0.29) is 17.0 Å². The van der Waals surface area contributed by atoms with Crippen LogP contribution in [0.4, 0.5) is 0 Å². The van der Waals surface area contributed by atoms with E-state index in [4.69, 9.17) is 18.1 Å².